The van der Waals surface area contributed by atoms with E-state index in [2.05, 4.69) is 0 Å². The molecule has 1 heterocycles. The summed E-state index contributed by atoms with van der Waals surface area (Å²) in [6.45, 7) is 2.52. The Kier molecular flexibility index (Phi) is 5.50. The second kappa shape index (κ2) is 7.81. The van der Waals surface area contributed by atoms with Gasteiger partial charge in [-0.25, -0.2) is 8.42 Å². The molecule has 0 bridgehead atoms. The van der Waals surface area contributed by atoms with Gasteiger partial charge >= 0.3 is 0 Å². The monoisotopic (exact) mass is 382 g/mol. The lowest BCUT2D eigenvalue weighted by atomic mass is 10.1. The Morgan fingerprint density at radius 2 is 1.69 bits per heavy atom. The van der Waals surface area contributed by atoms with Crippen molar-refractivity contribution in [3.8, 4) is 6.07 Å². The van der Waals surface area contributed by atoms with Gasteiger partial charge in [0.2, 0.25) is 9.84 Å². The fraction of sp³-hybridized carbons (Fsp3) is 0.150. The second-order valence-corrected chi connectivity index (χ2v) is 8.95. The number of hydrogen-bond acceptors (Lipinski definition) is 5. The van der Waals surface area contributed by atoms with Crippen LogP contribution in [0.3, 0.4) is 0 Å². The van der Waals surface area contributed by atoms with E-state index in [-0.39, 0.29) is 9.80 Å². The van der Waals surface area contributed by atoms with Crippen molar-refractivity contribution < 1.29 is 8.42 Å². The first-order valence-corrected chi connectivity index (χ1v) is 10.4. The molecular weight excluding hydrogens is 364 g/mol. The van der Waals surface area contributed by atoms with Gasteiger partial charge in [0.15, 0.2) is 4.91 Å². The highest BCUT2D eigenvalue weighted by molar-refractivity contribution is 8.08. The Hall–Kier alpha value is -2.49. The van der Waals surface area contributed by atoms with Crippen LogP contribution in [0.4, 0.5) is 0 Å². The molecule has 0 aliphatic carbocycles. The second-order valence-electron chi connectivity index (χ2n) is 5.83. The topological polar surface area (TPSA) is 61.2 Å². The maximum Gasteiger partial charge on any atom is 0.219 e. The van der Waals surface area contributed by atoms with Crippen LogP contribution in [0.1, 0.15) is 12.5 Å². The molecule has 4 nitrogen and oxygen atoms in total. The van der Waals surface area contributed by atoms with Crippen molar-refractivity contribution in [2.75, 3.05) is 6.54 Å². The van der Waals surface area contributed by atoms with E-state index in [0.29, 0.717) is 11.6 Å². The summed E-state index contributed by atoms with van der Waals surface area (Å²) in [4.78, 5) is 2.77. The molecule has 1 aliphatic heterocycles. The van der Waals surface area contributed by atoms with Gasteiger partial charge in [-0.15, -0.1) is 0 Å². The van der Waals surface area contributed by atoms with E-state index in [4.69, 9.17) is 0 Å². The molecule has 0 N–H and O–H groups in total. The predicted octanol–water partition coefficient (Wildman–Crippen LogP) is 4.31. The van der Waals surface area contributed by atoms with Gasteiger partial charge in [0.1, 0.15) is 11.1 Å². The fourth-order valence-corrected chi connectivity index (χ4v) is 5.25. The van der Waals surface area contributed by atoms with Crippen LogP contribution in [0.25, 0.3) is 0 Å². The zero-order chi connectivity index (χ0) is 18.6. The summed E-state index contributed by atoms with van der Waals surface area (Å²) in [6.07, 6.45) is 2.67. The average molecular weight is 383 g/mol. The van der Waals surface area contributed by atoms with E-state index >= 15 is 0 Å². The van der Waals surface area contributed by atoms with Gasteiger partial charge in [-0.1, -0.05) is 60.3 Å². The minimum Gasteiger partial charge on any atom is -0.340 e. The Labute approximate surface area is 158 Å². The Balaban J connectivity index is 1.94. The Bertz CT molecular complexity index is 989. The fourth-order valence-electron chi connectivity index (χ4n) is 2.69. The smallest absolute Gasteiger partial charge is 0.219 e. The number of rotatable bonds is 5. The summed E-state index contributed by atoms with van der Waals surface area (Å²) in [6, 6.07) is 20.0. The van der Waals surface area contributed by atoms with E-state index in [9.17, 15) is 13.7 Å². The summed E-state index contributed by atoms with van der Waals surface area (Å²) >= 11 is 1.33. The highest BCUT2D eigenvalue weighted by Gasteiger charge is 2.30. The van der Waals surface area contributed by atoms with Crippen LogP contribution >= 0.6 is 11.8 Å². The SMILES string of the molecule is CC1=CN(CCc2ccccc2)/C(=C(\C#N)S(=O)(=O)c2ccccc2)S1. The maximum absolute atomic E-state index is 12.9. The Morgan fingerprint density at radius 3 is 2.31 bits per heavy atom. The molecule has 0 atom stereocenters. The van der Waals surface area contributed by atoms with Crippen molar-refractivity contribution in [3.63, 3.8) is 0 Å². The molecule has 0 radical (unpaired) electrons. The van der Waals surface area contributed by atoms with Crippen LogP contribution in [-0.4, -0.2) is 19.9 Å². The molecule has 0 aromatic heterocycles. The molecule has 132 valence electrons. The third-order valence-electron chi connectivity index (χ3n) is 3.96. The predicted molar refractivity (Wildman–Crippen MR) is 104 cm³/mol. The van der Waals surface area contributed by atoms with Gasteiger partial charge in [-0.05, 0) is 31.0 Å². The maximum atomic E-state index is 12.9. The van der Waals surface area contributed by atoms with Crippen molar-refractivity contribution in [2.24, 2.45) is 0 Å². The molecule has 26 heavy (non-hydrogen) atoms. The molecule has 0 saturated carbocycles. The molecule has 0 amide bonds. The zero-order valence-corrected chi connectivity index (χ0v) is 15.9. The van der Waals surface area contributed by atoms with E-state index in [1.807, 2.05) is 54.4 Å². The molecule has 0 saturated heterocycles. The van der Waals surface area contributed by atoms with Crippen LogP contribution in [0.5, 0.6) is 0 Å². The van der Waals surface area contributed by atoms with Gasteiger partial charge in [-0.3, -0.25) is 0 Å². The highest BCUT2D eigenvalue weighted by Crippen LogP contribution is 2.40. The molecule has 0 spiro atoms. The highest BCUT2D eigenvalue weighted by atomic mass is 32.2. The van der Waals surface area contributed by atoms with Crippen molar-refractivity contribution >= 4 is 21.6 Å². The number of nitriles is 1. The standard InChI is InChI=1S/C20H18N2O2S2/c1-16-15-22(13-12-17-8-4-2-5-9-17)20(25-16)19(14-21)26(23,24)18-10-6-3-7-11-18/h2-11,15H,12-13H2,1H3/b20-19-. The minimum atomic E-state index is -3.85. The van der Waals surface area contributed by atoms with Crippen LogP contribution in [0.15, 0.2) is 86.6 Å². The number of benzene rings is 2. The van der Waals surface area contributed by atoms with Gasteiger partial charge < -0.3 is 4.90 Å². The van der Waals surface area contributed by atoms with Crippen LogP contribution in [0.2, 0.25) is 0 Å². The van der Waals surface area contributed by atoms with Crippen molar-refractivity contribution in [3.05, 3.63) is 87.3 Å². The van der Waals surface area contributed by atoms with Crippen LogP contribution in [-0.2, 0) is 16.3 Å². The normalized spacial score (nSPS) is 16.2. The molecule has 0 fully saturated rings. The summed E-state index contributed by atoms with van der Waals surface area (Å²) < 4.78 is 25.9. The largest absolute Gasteiger partial charge is 0.340 e. The molecule has 2 aromatic carbocycles. The first-order valence-electron chi connectivity index (χ1n) is 8.14. The van der Waals surface area contributed by atoms with E-state index in [1.54, 1.807) is 18.2 Å². The number of nitrogens with zero attached hydrogens (tertiary/aromatic N) is 2. The first-order chi connectivity index (χ1) is 12.5. The molecule has 0 unspecified atom stereocenters. The summed E-state index contributed by atoms with van der Waals surface area (Å²) in [5.41, 5.74) is 1.17. The average Bonchev–Trinajstić information content (AvgIpc) is 3.02. The lowest BCUT2D eigenvalue weighted by Gasteiger charge is -2.19. The minimum absolute atomic E-state index is 0.136. The molecule has 6 heteroatoms. The number of sulfone groups is 1. The number of thioether (sulfide) groups is 1. The third-order valence-corrected chi connectivity index (χ3v) is 6.86. The zero-order valence-electron chi connectivity index (χ0n) is 14.3. The van der Waals surface area contributed by atoms with Crippen LogP contribution in [0, 0.1) is 11.3 Å². The number of allylic oxidation sites excluding steroid dienone is 2. The first kappa shape index (κ1) is 18.3. The van der Waals surface area contributed by atoms with Gasteiger partial charge in [0.05, 0.1) is 4.90 Å². The lowest BCUT2D eigenvalue weighted by molar-refractivity contribution is 0.501. The van der Waals surface area contributed by atoms with Gasteiger partial charge in [0.25, 0.3) is 0 Å². The van der Waals surface area contributed by atoms with Crippen molar-refractivity contribution in [1.29, 1.82) is 5.26 Å². The quantitative estimate of drug-likeness (QED) is 0.721. The van der Waals surface area contributed by atoms with Gasteiger partial charge in [-0.2, -0.15) is 5.26 Å². The summed E-state index contributed by atoms with van der Waals surface area (Å²) in [5, 5.41) is 10.1. The van der Waals surface area contributed by atoms with Crippen molar-refractivity contribution in [1.82, 2.24) is 4.90 Å². The van der Waals surface area contributed by atoms with Crippen molar-refractivity contribution in [2.45, 2.75) is 18.2 Å². The molecular formula is C20H18N2O2S2. The summed E-state index contributed by atoms with van der Waals surface area (Å²) in [7, 11) is -3.85. The Morgan fingerprint density at radius 1 is 1.08 bits per heavy atom. The third kappa shape index (κ3) is 3.85. The van der Waals surface area contributed by atoms with Crippen LogP contribution < -0.4 is 0 Å². The van der Waals surface area contributed by atoms with Gasteiger partial charge in [0, 0.05) is 17.6 Å². The summed E-state index contributed by atoms with van der Waals surface area (Å²) in [5.74, 6) is 0. The molecule has 1 aliphatic rings. The molecule has 3 rings (SSSR count). The number of hydrogen-bond donors (Lipinski definition) is 0. The lowest BCUT2D eigenvalue weighted by Crippen LogP contribution is -2.19. The molecule has 2 aromatic rings. The van der Waals surface area contributed by atoms with E-state index in [1.165, 1.54) is 29.5 Å². The van der Waals surface area contributed by atoms with E-state index < -0.39 is 9.84 Å². The van der Waals surface area contributed by atoms with E-state index in [0.717, 1.165) is 11.3 Å².